The number of piperidine rings is 1. The molecule has 0 aromatic carbocycles. The van der Waals surface area contributed by atoms with Gasteiger partial charge in [-0.05, 0) is 52.0 Å². The van der Waals surface area contributed by atoms with Gasteiger partial charge in [0.05, 0.1) is 0 Å². The molecular formula is C17H29N3O. The van der Waals surface area contributed by atoms with Gasteiger partial charge in [0.2, 0.25) is 0 Å². The van der Waals surface area contributed by atoms with Crippen LogP contribution in [0, 0.1) is 5.92 Å². The molecule has 0 radical (unpaired) electrons. The molecular weight excluding hydrogens is 262 g/mol. The van der Waals surface area contributed by atoms with Crippen LogP contribution in [0.1, 0.15) is 51.0 Å². The van der Waals surface area contributed by atoms with Crippen molar-refractivity contribution in [2.24, 2.45) is 5.92 Å². The second-order valence-electron chi connectivity index (χ2n) is 7.04. The molecule has 2 aliphatic heterocycles. The van der Waals surface area contributed by atoms with E-state index >= 15 is 0 Å². The summed E-state index contributed by atoms with van der Waals surface area (Å²) >= 11 is 0. The van der Waals surface area contributed by atoms with E-state index in [1.807, 2.05) is 6.20 Å². The molecule has 1 saturated heterocycles. The van der Waals surface area contributed by atoms with E-state index in [0.29, 0.717) is 24.6 Å². The summed E-state index contributed by atoms with van der Waals surface area (Å²) in [5.74, 6) is 1.70. The fourth-order valence-electron chi connectivity index (χ4n) is 4.05. The van der Waals surface area contributed by atoms with Crippen molar-refractivity contribution in [2.45, 2.75) is 71.0 Å². The zero-order chi connectivity index (χ0) is 14.8. The van der Waals surface area contributed by atoms with E-state index in [-0.39, 0.29) is 0 Å². The number of hydrogen-bond donors (Lipinski definition) is 1. The van der Waals surface area contributed by atoms with Crippen LogP contribution < -0.4 is 0 Å². The van der Waals surface area contributed by atoms with Crippen molar-refractivity contribution in [1.82, 2.24) is 14.5 Å². The molecule has 0 bridgehead atoms. The van der Waals surface area contributed by atoms with Crippen LogP contribution in [0.15, 0.2) is 6.20 Å². The van der Waals surface area contributed by atoms with Gasteiger partial charge in [-0.25, -0.2) is 4.98 Å². The molecule has 0 aliphatic carbocycles. The first-order valence-corrected chi connectivity index (χ1v) is 8.59. The van der Waals surface area contributed by atoms with E-state index in [0.717, 1.165) is 25.8 Å². The fraction of sp³-hybridized carbons (Fsp3) is 0.824. The Balaban J connectivity index is 1.72. The molecule has 118 valence electrons. The van der Waals surface area contributed by atoms with E-state index in [1.165, 1.54) is 37.3 Å². The summed E-state index contributed by atoms with van der Waals surface area (Å²) in [7, 11) is 0. The number of rotatable bonds is 4. The van der Waals surface area contributed by atoms with Gasteiger partial charge in [0, 0.05) is 43.5 Å². The maximum absolute atomic E-state index is 9.34. The van der Waals surface area contributed by atoms with Gasteiger partial charge < -0.3 is 9.67 Å². The average molecular weight is 291 g/mol. The van der Waals surface area contributed by atoms with Crippen LogP contribution in [0.5, 0.6) is 0 Å². The quantitative estimate of drug-likeness (QED) is 0.925. The Labute approximate surface area is 128 Å². The van der Waals surface area contributed by atoms with E-state index in [2.05, 4.69) is 23.3 Å². The maximum Gasteiger partial charge on any atom is 0.110 e. The average Bonchev–Trinajstić information content (AvgIpc) is 2.90. The minimum absolute atomic E-state index is 0.310. The predicted octanol–water partition coefficient (Wildman–Crippen LogP) is 2.24. The summed E-state index contributed by atoms with van der Waals surface area (Å²) in [6, 6.07) is 1.28. The zero-order valence-electron chi connectivity index (χ0n) is 13.5. The van der Waals surface area contributed by atoms with Crippen LogP contribution in [0.25, 0.3) is 0 Å². The molecule has 4 nitrogen and oxygen atoms in total. The molecule has 1 aromatic heterocycles. The lowest BCUT2D eigenvalue weighted by molar-refractivity contribution is 0.109. The van der Waals surface area contributed by atoms with Crippen molar-refractivity contribution >= 4 is 0 Å². The third-order valence-electron chi connectivity index (χ3n) is 5.29. The van der Waals surface area contributed by atoms with Crippen molar-refractivity contribution < 1.29 is 5.11 Å². The molecule has 1 N–H and O–H groups in total. The number of nitrogens with zero attached hydrogens (tertiary/aromatic N) is 3. The Morgan fingerprint density at radius 1 is 1.29 bits per heavy atom. The molecule has 4 heteroatoms. The summed E-state index contributed by atoms with van der Waals surface area (Å²) in [5.41, 5.74) is 1.32. The monoisotopic (exact) mass is 291 g/mol. The maximum atomic E-state index is 9.34. The van der Waals surface area contributed by atoms with E-state index < -0.39 is 0 Å². The number of aromatic nitrogens is 2. The van der Waals surface area contributed by atoms with Crippen LogP contribution in [0.2, 0.25) is 0 Å². The summed E-state index contributed by atoms with van der Waals surface area (Å²) < 4.78 is 2.42. The summed E-state index contributed by atoms with van der Waals surface area (Å²) in [6.07, 6.45) is 9.20. The van der Waals surface area contributed by atoms with Gasteiger partial charge in [0.25, 0.3) is 0 Å². The van der Waals surface area contributed by atoms with Crippen LogP contribution >= 0.6 is 0 Å². The lowest BCUT2D eigenvalue weighted by atomic mass is 9.96. The first-order valence-electron chi connectivity index (χ1n) is 8.59. The molecule has 0 amide bonds. The first kappa shape index (κ1) is 15.0. The van der Waals surface area contributed by atoms with E-state index in [9.17, 15) is 5.11 Å². The minimum Gasteiger partial charge on any atom is -0.396 e. The molecule has 21 heavy (non-hydrogen) atoms. The third-order valence-corrected chi connectivity index (χ3v) is 5.29. The Morgan fingerprint density at radius 2 is 2.14 bits per heavy atom. The lowest BCUT2D eigenvalue weighted by Crippen LogP contribution is -2.45. The largest absolute Gasteiger partial charge is 0.396 e. The van der Waals surface area contributed by atoms with Crippen molar-refractivity contribution in [2.75, 3.05) is 13.2 Å². The van der Waals surface area contributed by atoms with E-state index in [1.54, 1.807) is 0 Å². The van der Waals surface area contributed by atoms with E-state index in [4.69, 9.17) is 4.98 Å². The Kier molecular flexibility index (Phi) is 4.65. The second kappa shape index (κ2) is 6.49. The van der Waals surface area contributed by atoms with Gasteiger partial charge in [0.15, 0.2) is 0 Å². The first-order chi connectivity index (χ1) is 10.2. The number of likely N-dealkylation sites (tertiary alicyclic amines) is 1. The van der Waals surface area contributed by atoms with Crippen molar-refractivity contribution in [3.8, 4) is 0 Å². The standard InChI is InChI=1S/C17H29N3O/c1-13(2)19-7-4-3-5-15(19)10-17-18-11-16-9-14(12-21)6-8-20(16)17/h11,13-15,21H,3-10,12H2,1-2H3. The highest BCUT2D eigenvalue weighted by atomic mass is 16.3. The number of hydrogen-bond acceptors (Lipinski definition) is 3. The van der Waals surface area contributed by atoms with Crippen molar-refractivity contribution in [1.29, 1.82) is 0 Å². The Morgan fingerprint density at radius 3 is 2.90 bits per heavy atom. The smallest absolute Gasteiger partial charge is 0.110 e. The fourth-order valence-corrected chi connectivity index (χ4v) is 4.05. The van der Waals surface area contributed by atoms with Crippen LogP contribution in [-0.4, -0.2) is 44.8 Å². The van der Waals surface area contributed by atoms with Gasteiger partial charge in [-0.3, -0.25) is 4.90 Å². The highest BCUT2D eigenvalue weighted by molar-refractivity contribution is 5.10. The summed E-state index contributed by atoms with van der Waals surface area (Å²) in [5, 5.41) is 9.34. The molecule has 2 atom stereocenters. The normalized spacial score (nSPS) is 27.0. The molecule has 0 spiro atoms. The zero-order valence-corrected chi connectivity index (χ0v) is 13.5. The number of aliphatic hydroxyl groups is 1. The molecule has 0 saturated carbocycles. The lowest BCUT2D eigenvalue weighted by Gasteiger charge is -2.38. The molecule has 2 unspecified atom stereocenters. The molecule has 3 heterocycles. The SMILES string of the molecule is CC(C)N1CCCCC1Cc1ncc2n1CCC(CO)C2. The topological polar surface area (TPSA) is 41.3 Å². The second-order valence-corrected chi connectivity index (χ2v) is 7.04. The van der Waals surface area contributed by atoms with Crippen LogP contribution in [0.4, 0.5) is 0 Å². The van der Waals surface area contributed by atoms with Gasteiger partial charge >= 0.3 is 0 Å². The molecule has 1 aromatic rings. The number of imidazole rings is 1. The highest BCUT2D eigenvalue weighted by Crippen LogP contribution is 2.26. The molecule has 2 aliphatic rings. The molecule has 1 fully saturated rings. The van der Waals surface area contributed by atoms with Gasteiger partial charge in [-0.2, -0.15) is 0 Å². The number of fused-ring (bicyclic) bond motifs is 1. The number of aliphatic hydroxyl groups excluding tert-OH is 1. The minimum atomic E-state index is 0.310. The van der Waals surface area contributed by atoms with Gasteiger partial charge in [0.1, 0.15) is 5.82 Å². The molecule has 3 rings (SSSR count). The summed E-state index contributed by atoms with van der Waals surface area (Å²) in [6.45, 7) is 7.20. The van der Waals surface area contributed by atoms with Crippen LogP contribution in [0.3, 0.4) is 0 Å². The summed E-state index contributed by atoms with van der Waals surface area (Å²) in [4.78, 5) is 7.37. The Bertz CT molecular complexity index is 469. The highest BCUT2D eigenvalue weighted by Gasteiger charge is 2.27. The Hall–Kier alpha value is -0.870. The van der Waals surface area contributed by atoms with Gasteiger partial charge in [-0.1, -0.05) is 6.42 Å². The third kappa shape index (κ3) is 3.16. The predicted molar refractivity (Wildman–Crippen MR) is 84.3 cm³/mol. The van der Waals surface area contributed by atoms with Gasteiger partial charge in [-0.15, -0.1) is 0 Å². The van der Waals surface area contributed by atoms with Crippen molar-refractivity contribution in [3.63, 3.8) is 0 Å². The van der Waals surface area contributed by atoms with Crippen molar-refractivity contribution in [3.05, 3.63) is 17.7 Å². The van der Waals surface area contributed by atoms with Crippen LogP contribution in [-0.2, 0) is 19.4 Å².